The fourth-order valence-corrected chi connectivity index (χ4v) is 2.18. The number of ether oxygens (including phenoxy) is 1. The molecule has 0 amide bonds. The van der Waals surface area contributed by atoms with Crippen LogP contribution in [0.2, 0.25) is 0 Å². The number of allylic oxidation sites excluding steroid dienone is 2. The predicted molar refractivity (Wildman–Crippen MR) is 91.3 cm³/mol. The van der Waals surface area contributed by atoms with Gasteiger partial charge in [0, 0.05) is 6.61 Å². The minimum Gasteiger partial charge on any atom is -0.376 e. The Bertz CT molecular complexity index is 212. The fraction of sp³-hybridized carbons (Fsp3) is 0.895. The molecule has 0 aliphatic carbocycles. The van der Waals surface area contributed by atoms with Gasteiger partial charge in [-0.05, 0) is 46.5 Å². The van der Waals surface area contributed by atoms with Crippen LogP contribution in [-0.2, 0) is 4.74 Å². The largest absolute Gasteiger partial charge is 0.376 e. The third-order valence-electron chi connectivity index (χ3n) is 3.44. The Hall–Kier alpha value is -0.300. The van der Waals surface area contributed by atoms with E-state index in [1.165, 1.54) is 70.6 Å². The van der Waals surface area contributed by atoms with Crippen LogP contribution in [-0.4, -0.2) is 12.2 Å². The summed E-state index contributed by atoms with van der Waals surface area (Å²) in [5.74, 6) is 0. The van der Waals surface area contributed by atoms with E-state index in [-0.39, 0.29) is 5.60 Å². The first-order valence-electron chi connectivity index (χ1n) is 8.85. The summed E-state index contributed by atoms with van der Waals surface area (Å²) >= 11 is 0. The molecule has 0 heterocycles. The van der Waals surface area contributed by atoms with Gasteiger partial charge in [-0.2, -0.15) is 0 Å². The second kappa shape index (κ2) is 13.7. The molecule has 0 spiro atoms. The van der Waals surface area contributed by atoms with Crippen LogP contribution >= 0.6 is 0 Å². The molecule has 1 nitrogen and oxygen atoms in total. The molecule has 0 aliphatic rings. The van der Waals surface area contributed by atoms with Gasteiger partial charge < -0.3 is 4.74 Å². The molecule has 0 N–H and O–H groups in total. The first kappa shape index (κ1) is 19.7. The van der Waals surface area contributed by atoms with Crippen LogP contribution in [0.4, 0.5) is 0 Å². The molecule has 120 valence electrons. The lowest BCUT2D eigenvalue weighted by Crippen LogP contribution is -2.19. The summed E-state index contributed by atoms with van der Waals surface area (Å²) in [6.07, 6.45) is 19.4. The molecular formula is C19H38O. The summed E-state index contributed by atoms with van der Waals surface area (Å²) in [5, 5.41) is 0. The van der Waals surface area contributed by atoms with E-state index in [2.05, 4.69) is 39.8 Å². The molecule has 0 radical (unpaired) electrons. The first-order chi connectivity index (χ1) is 9.56. The molecule has 1 heteroatoms. The lowest BCUT2D eigenvalue weighted by Gasteiger charge is -2.19. The summed E-state index contributed by atoms with van der Waals surface area (Å²) in [6, 6.07) is 0. The van der Waals surface area contributed by atoms with Gasteiger partial charge in [0.15, 0.2) is 0 Å². The lowest BCUT2D eigenvalue weighted by atomic mass is 10.1. The Balaban J connectivity index is 3.08. The van der Waals surface area contributed by atoms with E-state index in [0.717, 1.165) is 6.61 Å². The van der Waals surface area contributed by atoms with Crippen LogP contribution in [0.5, 0.6) is 0 Å². The molecule has 0 fully saturated rings. The second-order valence-electron chi connectivity index (χ2n) is 6.84. The van der Waals surface area contributed by atoms with E-state index in [4.69, 9.17) is 4.74 Å². The van der Waals surface area contributed by atoms with Gasteiger partial charge in [0.1, 0.15) is 0 Å². The summed E-state index contributed by atoms with van der Waals surface area (Å²) in [4.78, 5) is 0. The third kappa shape index (κ3) is 17.7. The first-order valence-corrected chi connectivity index (χ1v) is 8.85. The molecule has 0 aromatic carbocycles. The maximum absolute atomic E-state index is 5.72. The van der Waals surface area contributed by atoms with Crippen LogP contribution in [0.1, 0.15) is 98.3 Å². The predicted octanol–water partition coefficient (Wildman–Crippen LogP) is 6.67. The van der Waals surface area contributed by atoms with Crippen molar-refractivity contribution < 1.29 is 4.74 Å². The minimum absolute atomic E-state index is 0.0324. The van der Waals surface area contributed by atoms with Crippen molar-refractivity contribution in [3.05, 3.63) is 12.2 Å². The van der Waals surface area contributed by atoms with Gasteiger partial charge in [0.2, 0.25) is 0 Å². The molecule has 0 aromatic rings. The lowest BCUT2D eigenvalue weighted by molar-refractivity contribution is -0.00474. The van der Waals surface area contributed by atoms with Crippen molar-refractivity contribution in [2.45, 2.75) is 104 Å². The molecule has 0 saturated carbocycles. The zero-order valence-electron chi connectivity index (χ0n) is 14.5. The van der Waals surface area contributed by atoms with Gasteiger partial charge in [-0.3, -0.25) is 0 Å². The Morgan fingerprint density at radius 2 is 1.20 bits per heavy atom. The Morgan fingerprint density at radius 3 is 1.75 bits per heavy atom. The molecule has 0 aliphatic heterocycles. The average molecular weight is 283 g/mol. The van der Waals surface area contributed by atoms with E-state index < -0.39 is 0 Å². The highest BCUT2D eigenvalue weighted by Gasteiger charge is 2.08. The van der Waals surface area contributed by atoms with Crippen molar-refractivity contribution in [3.8, 4) is 0 Å². The molecule has 0 saturated heterocycles. The fourth-order valence-electron chi connectivity index (χ4n) is 2.18. The Labute approximate surface area is 128 Å². The van der Waals surface area contributed by atoms with Crippen molar-refractivity contribution in [2.75, 3.05) is 6.61 Å². The summed E-state index contributed by atoms with van der Waals surface area (Å²) in [7, 11) is 0. The third-order valence-corrected chi connectivity index (χ3v) is 3.44. The number of unbranched alkanes of at least 4 members (excludes halogenated alkanes) is 9. The smallest absolute Gasteiger partial charge is 0.0598 e. The van der Waals surface area contributed by atoms with Crippen molar-refractivity contribution in [1.82, 2.24) is 0 Å². The summed E-state index contributed by atoms with van der Waals surface area (Å²) in [5.41, 5.74) is 0.0324. The zero-order chi connectivity index (χ0) is 15.1. The second-order valence-corrected chi connectivity index (χ2v) is 6.84. The molecule has 0 aromatic heterocycles. The summed E-state index contributed by atoms with van der Waals surface area (Å²) < 4.78 is 5.72. The van der Waals surface area contributed by atoms with E-state index in [1.54, 1.807) is 0 Å². The molecule has 0 unspecified atom stereocenters. The maximum atomic E-state index is 5.72. The SMILES string of the molecule is CCCC/C=C\CCCCCCCCCOC(C)(C)C. The van der Waals surface area contributed by atoms with Gasteiger partial charge in [0.05, 0.1) is 5.60 Å². The van der Waals surface area contributed by atoms with E-state index in [9.17, 15) is 0 Å². The van der Waals surface area contributed by atoms with Gasteiger partial charge in [-0.25, -0.2) is 0 Å². The van der Waals surface area contributed by atoms with Crippen LogP contribution in [0.3, 0.4) is 0 Å². The van der Waals surface area contributed by atoms with Gasteiger partial charge in [0.25, 0.3) is 0 Å². The van der Waals surface area contributed by atoms with Crippen molar-refractivity contribution in [1.29, 1.82) is 0 Å². The van der Waals surface area contributed by atoms with E-state index in [1.807, 2.05) is 0 Å². The zero-order valence-corrected chi connectivity index (χ0v) is 14.5. The van der Waals surface area contributed by atoms with Gasteiger partial charge in [-0.1, -0.05) is 64.0 Å². The molecule has 0 atom stereocenters. The van der Waals surface area contributed by atoms with Crippen molar-refractivity contribution in [3.63, 3.8) is 0 Å². The molecular weight excluding hydrogens is 244 g/mol. The van der Waals surface area contributed by atoms with Crippen molar-refractivity contribution >= 4 is 0 Å². The molecule has 0 rings (SSSR count). The van der Waals surface area contributed by atoms with E-state index in [0.29, 0.717) is 0 Å². The van der Waals surface area contributed by atoms with Crippen LogP contribution in [0.25, 0.3) is 0 Å². The quantitative estimate of drug-likeness (QED) is 0.271. The van der Waals surface area contributed by atoms with Crippen LogP contribution in [0, 0.1) is 0 Å². The van der Waals surface area contributed by atoms with Crippen LogP contribution < -0.4 is 0 Å². The highest BCUT2D eigenvalue weighted by atomic mass is 16.5. The standard InChI is InChI=1S/C19H38O/c1-5-6-7-8-9-10-11-12-13-14-15-16-17-18-20-19(2,3)4/h8-9H,5-7,10-18H2,1-4H3/b9-8-. The topological polar surface area (TPSA) is 9.23 Å². The highest BCUT2D eigenvalue weighted by molar-refractivity contribution is 4.81. The minimum atomic E-state index is 0.0324. The monoisotopic (exact) mass is 282 g/mol. The number of hydrogen-bond donors (Lipinski definition) is 0. The van der Waals surface area contributed by atoms with Crippen LogP contribution in [0.15, 0.2) is 12.2 Å². The Morgan fingerprint density at radius 1 is 0.700 bits per heavy atom. The normalized spacial score (nSPS) is 12.4. The average Bonchev–Trinajstić information content (AvgIpc) is 2.38. The maximum Gasteiger partial charge on any atom is 0.0598 e. The summed E-state index contributed by atoms with van der Waals surface area (Å²) in [6.45, 7) is 9.56. The number of rotatable bonds is 13. The van der Waals surface area contributed by atoms with Crippen molar-refractivity contribution in [2.24, 2.45) is 0 Å². The highest BCUT2D eigenvalue weighted by Crippen LogP contribution is 2.11. The van der Waals surface area contributed by atoms with Gasteiger partial charge in [-0.15, -0.1) is 0 Å². The van der Waals surface area contributed by atoms with Gasteiger partial charge >= 0.3 is 0 Å². The molecule has 0 bridgehead atoms. The van der Waals surface area contributed by atoms with E-state index >= 15 is 0 Å². The molecule has 20 heavy (non-hydrogen) atoms. The number of hydrogen-bond acceptors (Lipinski definition) is 1. The Kier molecular flexibility index (Phi) is 13.5.